The van der Waals surface area contributed by atoms with Crippen LogP contribution in [0, 0.1) is 0 Å². The van der Waals surface area contributed by atoms with Crippen LogP contribution in [-0.2, 0) is 18.2 Å². The Hall–Kier alpha value is -3.93. The third kappa shape index (κ3) is 4.81. The van der Waals surface area contributed by atoms with Gasteiger partial charge in [0.1, 0.15) is 0 Å². The lowest BCUT2D eigenvalue weighted by molar-refractivity contribution is -0.0713. The normalized spacial score (nSPS) is 23.0. The Morgan fingerprint density at radius 3 is 2.29 bits per heavy atom. The molecule has 7 rings (SSSR count). The molecule has 0 spiro atoms. The third-order valence-electron chi connectivity index (χ3n) is 9.28. The van der Waals surface area contributed by atoms with Crippen molar-refractivity contribution in [3.05, 3.63) is 119 Å². The second-order valence-electron chi connectivity index (χ2n) is 12.2. The summed E-state index contributed by atoms with van der Waals surface area (Å²) in [6, 6.07) is 34.2. The maximum atomic E-state index is 14.3. The number of fused-ring (bicyclic) bond motifs is 4. The van der Waals surface area contributed by atoms with Crippen LogP contribution in [0.3, 0.4) is 0 Å². The van der Waals surface area contributed by atoms with E-state index in [4.69, 9.17) is 4.74 Å². The van der Waals surface area contributed by atoms with Crippen molar-refractivity contribution in [2.75, 3.05) is 26.2 Å². The van der Waals surface area contributed by atoms with Crippen molar-refractivity contribution in [1.82, 2.24) is 14.4 Å². The molecule has 1 amide bonds. The first-order valence-corrected chi connectivity index (χ1v) is 15.3. The van der Waals surface area contributed by atoms with Gasteiger partial charge in [0, 0.05) is 66.5 Å². The molecule has 42 heavy (non-hydrogen) atoms. The highest BCUT2D eigenvalue weighted by molar-refractivity contribution is 6.08. The van der Waals surface area contributed by atoms with Gasteiger partial charge in [0.05, 0.1) is 18.2 Å². The van der Waals surface area contributed by atoms with E-state index in [-0.39, 0.29) is 30.1 Å². The number of amides is 1. The molecule has 0 N–H and O–H groups in total. The molecule has 3 heterocycles. The number of hydrogen-bond acceptors (Lipinski definition) is 3. The van der Waals surface area contributed by atoms with Gasteiger partial charge in [0.15, 0.2) is 0 Å². The Morgan fingerprint density at radius 2 is 1.48 bits per heavy atom. The Bertz CT molecular complexity index is 1730. The number of rotatable bonds is 6. The quantitative estimate of drug-likeness (QED) is 0.226. The van der Waals surface area contributed by atoms with Crippen LogP contribution in [0.15, 0.2) is 97.1 Å². The average Bonchev–Trinajstić information content (AvgIpc) is 3.29. The van der Waals surface area contributed by atoms with Gasteiger partial charge < -0.3 is 14.2 Å². The van der Waals surface area contributed by atoms with Crippen LogP contribution >= 0.6 is 0 Å². The smallest absolute Gasteiger partial charge is 0.254 e. The van der Waals surface area contributed by atoms with Crippen LogP contribution in [0.1, 0.15) is 52.9 Å². The monoisotopic (exact) mass is 557 g/mol. The number of carbonyl (C=O) groups excluding carboxylic acids is 1. The molecule has 1 fully saturated rings. The summed E-state index contributed by atoms with van der Waals surface area (Å²) in [7, 11) is 2.14. The largest absolute Gasteiger partial charge is 0.373 e. The van der Waals surface area contributed by atoms with Crippen molar-refractivity contribution in [3.8, 4) is 0 Å². The summed E-state index contributed by atoms with van der Waals surface area (Å²) in [5.74, 6) is 0.268. The van der Waals surface area contributed by atoms with Crippen molar-refractivity contribution in [1.29, 1.82) is 0 Å². The zero-order chi connectivity index (χ0) is 28.8. The number of hydrogen-bond donors (Lipinski definition) is 0. The van der Waals surface area contributed by atoms with E-state index < -0.39 is 0 Å². The summed E-state index contributed by atoms with van der Waals surface area (Å²) in [6.45, 7) is 7.68. The maximum Gasteiger partial charge on any atom is 0.254 e. The number of nitrogens with zero attached hydrogens (tertiary/aromatic N) is 3. The highest BCUT2D eigenvalue weighted by atomic mass is 16.5. The van der Waals surface area contributed by atoms with E-state index in [0.29, 0.717) is 6.54 Å². The Balaban J connectivity index is 1.37. The number of morpholine rings is 1. The molecule has 2 aliphatic rings. The molecule has 0 aliphatic carbocycles. The molecule has 4 atom stereocenters. The van der Waals surface area contributed by atoms with Crippen LogP contribution < -0.4 is 0 Å². The predicted octanol–water partition coefficient (Wildman–Crippen LogP) is 6.96. The molecule has 0 radical (unpaired) electrons. The molecule has 0 saturated carbocycles. The number of aromatic nitrogens is 1. The zero-order valence-electron chi connectivity index (χ0n) is 24.7. The minimum absolute atomic E-state index is 0.0760. The zero-order valence-corrected chi connectivity index (χ0v) is 24.7. The fourth-order valence-electron chi connectivity index (χ4n) is 7.51. The van der Waals surface area contributed by atoms with E-state index in [1.54, 1.807) is 0 Å². The van der Waals surface area contributed by atoms with Crippen molar-refractivity contribution >= 4 is 27.7 Å². The highest BCUT2D eigenvalue weighted by Crippen LogP contribution is 2.44. The van der Waals surface area contributed by atoms with E-state index in [1.807, 2.05) is 18.2 Å². The minimum Gasteiger partial charge on any atom is -0.373 e. The van der Waals surface area contributed by atoms with E-state index in [2.05, 4.69) is 114 Å². The topological polar surface area (TPSA) is 37.7 Å². The molecule has 4 aromatic carbocycles. The predicted molar refractivity (Wildman–Crippen MR) is 170 cm³/mol. The minimum atomic E-state index is -0.0760. The SMILES string of the molecule is CC1CN(C[C@@H]2c3ccccc3C(=O)N(CCc3ccccc3)[C@H]2c2ccc3c(c2)c2ccccc2n3C)CC(C)O1. The van der Waals surface area contributed by atoms with Crippen molar-refractivity contribution in [2.45, 2.75) is 44.4 Å². The van der Waals surface area contributed by atoms with Gasteiger partial charge in [-0.3, -0.25) is 9.69 Å². The summed E-state index contributed by atoms with van der Waals surface area (Å²) >= 11 is 0. The van der Waals surface area contributed by atoms with Crippen LogP contribution in [-0.4, -0.2) is 58.7 Å². The number of aryl methyl sites for hydroxylation is 1. The molecule has 214 valence electrons. The summed E-state index contributed by atoms with van der Waals surface area (Å²) in [5.41, 5.74) is 6.89. The first-order chi connectivity index (χ1) is 20.5. The number of benzene rings is 4. The van der Waals surface area contributed by atoms with Crippen molar-refractivity contribution < 1.29 is 9.53 Å². The van der Waals surface area contributed by atoms with Gasteiger partial charge in [-0.15, -0.1) is 0 Å². The summed E-state index contributed by atoms with van der Waals surface area (Å²) < 4.78 is 8.37. The standard InChI is InChI=1S/C37H39N3O2/c1-25-22-39(23-26(2)42-25)24-33-29-13-7-8-15-31(29)37(41)40(20-19-27-11-5-4-6-12-27)36(33)28-17-18-35-32(21-28)30-14-9-10-16-34(30)38(35)3/h4-18,21,25-26,33,36H,19-20,22-24H2,1-3H3/t25?,26?,33-,36+/m1/s1. The first-order valence-electron chi connectivity index (χ1n) is 15.3. The summed E-state index contributed by atoms with van der Waals surface area (Å²) in [6.07, 6.45) is 1.20. The van der Waals surface area contributed by atoms with Gasteiger partial charge in [-0.1, -0.05) is 72.8 Å². The lowest BCUT2D eigenvalue weighted by atomic mass is 9.78. The van der Waals surface area contributed by atoms with E-state index in [0.717, 1.165) is 37.2 Å². The Labute approximate surface area is 248 Å². The molecule has 0 bridgehead atoms. The van der Waals surface area contributed by atoms with Crippen LogP contribution in [0.5, 0.6) is 0 Å². The fourth-order valence-corrected chi connectivity index (χ4v) is 7.51. The lowest BCUT2D eigenvalue weighted by Gasteiger charge is -2.46. The Kier molecular flexibility index (Phi) is 7.09. The molecule has 1 aromatic heterocycles. The molecule has 2 aliphatic heterocycles. The van der Waals surface area contributed by atoms with Gasteiger partial charge in [-0.2, -0.15) is 0 Å². The van der Waals surface area contributed by atoms with E-state index >= 15 is 0 Å². The number of ether oxygens (including phenoxy) is 1. The molecule has 5 heteroatoms. The van der Waals surface area contributed by atoms with Crippen molar-refractivity contribution in [3.63, 3.8) is 0 Å². The molecule has 1 saturated heterocycles. The van der Waals surface area contributed by atoms with Gasteiger partial charge in [-0.05, 0) is 61.2 Å². The van der Waals surface area contributed by atoms with Crippen molar-refractivity contribution in [2.24, 2.45) is 7.05 Å². The molecule has 5 aromatic rings. The van der Waals surface area contributed by atoms with Crippen LogP contribution in [0.2, 0.25) is 0 Å². The lowest BCUT2D eigenvalue weighted by Crippen LogP contribution is -2.50. The van der Waals surface area contributed by atoms with Gasteiger partial charge in [0.25, 0.3) is 5.91 Å². The van der Waals surface area contributed by atoms with Crippen LogP contribution in [0.25, 0.3) is 21.8 Å². The van der Waals surface area contributed by atoms with Gasteiger partial charge in [0.2, 0.25) is 0 Å². The van der Waals surface area contributed by atoms with Gasteiger partial charge in [-0.25, -0.2) is 0 Å². The molecular formula is C37H39N3O2. The summed E-state index contributed by atoms with van der Waals surface area (Å²) in [4.78, 5) is 19.0. The van der Waals surface area contributed by atoms with Crippen LogP contribution in [0.4, 0.5) is 0 Å². The number of carbonyl (C=O) groups is 1. The van der Waals surface area contributed by atoms with E-state index in [1.165, 1.54) is 32.9 Å². The molecular weight excluding hydrogens is 518 g/mol. The third-order valence-corrected chi connectivity index (χ3v) is 9.28. The Morgan fingerprint density at radius 1 is 0.786 bits per heavy atom. The maximum absolute atomic E-state index is 14.3. The highest BCUT2D eigenvalue weighted by Gasteiger charge is 2.42. The second kappa shape index (κ2) is 11.0. The fraction of sp³-hybridized carbons (Fsp3) is 0.324. The summed E-state index contributed by atoms with van der Waals surface area (Å²) in [5, 5.41) is 2.50. The van der Waals surface area contributed by atoms with Gasteiger partial charge >= 0.3 is 0 Å². The first kappa shape index (κ1) is 26.9. The molecule has 5 nitrogen and oxygen atoms in total. The number of para-hydroxylation sites is 1. The van der Waals surface area contributed by atoms with E-state index in [9.17, 15) is 4.79 Å². The molecule has 2 unspecified atom stereocenters. The second-order valence-corrected chi connectivity index (χ2v) is 12.2. The average molecular weight is 558 g/mol.